The van der Waals surface area contributed by atoms with E-state index in [1.165, 1.54) is 18.4 Å². The quantitative estimate of drug-likeness (QED) is 0.500. The van der Waals surface area contributed by atoms with Crippen molar-refractivity contribution in [2.24, 2.45) is 0 Å². The van der Waals surface area contributed by atoms with Crippen molar-refractivity contribution in [3.8, 4) is 0 Å². The Morgan fingerprint density at radius 3 is 2.81 bits per heavy atom. The standard InChI is InChI=1S/C16H13N5O6/c22-14(19-16(24)17-7-11-2-1-5-27-11)8-20-9-18-13-4-3-10(21(25)26)6-12(13)15(20)23/h1-6,9H,7-8H2,(H2,17,19,22,24). The Hall–Kier alpha value is -4.02. The van der Waals surface area contributed by atoms with Gasteiger partial charge < -0.3 is 9.73 Å². The summed E-state index contributed by atoms with van der Waals surface area (Å²) in [5.74, 6) is -0.241. The number of benzene rings is 1. The first-order valence-corrected chi connectivity index (χ1v) is 7.67. The molecule has 0 unspecified atom stereocenters. The zero-order valence-electron chi connectivity index (χ0n) is 13.7. The van der Waals surface area contributed by atoms with E-state index in [-0.39, 0.29) is 23.1 Å². The molecule has 138 valence electrons. The van der Waals surface area contributed by atoms with Crippen molar-refractivity contribution in [1.29, 1.82) is 0 Å². The Morgan fingerprint density at radius 2 is 2.11 bits per heavy atom. The van der Waals surface area contributed by atoms with Gasteiger partial charge in [-0.1, -0.05) is 0 Å². The summed E-state index contributed by atoms with van der Waals surface area (Å²) in [6, 6.07) is 6.23. The number of nitrogens with zero attached hydrogens (tertiary/aromatic N) is 3. The van der Waals surface area contributed by atoms with Gasteiger partial charge in [-0.05, 0) is 18.2 Å². The molecule has 0 fully saturated rings. The van der Waals surface area contributed by atoms with E-state index in [2.05, 4.69) is 15.6 Å². The molecule has 0 saturated carbocycles. The molecule has 0 radical (unpaired) electrons. The average Bonchev–Trinajstić information content (AvgIpc) is 3.15. The number of imide groups is 1. The Labute approximate surface area is 150 Å². The van der Waals surface area contributed by atoms with E-state index in [4.69, 9.17) is 4.42 Å². The Kier molecular flexibility index (Phi) is 4.92. The van der Waals surface area contributed by atoms with E-state index in [0.29, 0.717) is 5.76 Å². The summed E-state index contributed by atoms with van der Waals surface area (Å²) in [5.41, 5.74) is -0.630. The van der Waals surface area contributed by atoms with E-state index in [9.17, 15) is 24.5 Å². The molecule has 0 aliphatic carbocycles. The number of aromatic nitrogens is 2. The Morgan fingerprint density at radius 1 is 1.30 bits per heavy atom. The van der Waals surface area contributed by atoms with E-state index in [1.807, 2.05) is 0 Å². The lowest BCUT2D eigenvalue weighted by molar-refractivity contribution is -0.384. The number of urea groups is 1. The van der Waals surface area contributed by atoms with Gasteiger partial charge in [-0.25, -0.2) is 9.78 Å². The molecule has 0 aliphatic rings. The monoisotopic (exact) mass is 371 g/mol. The molecule has 2 N–H and O–H groups in total. The third kappa shape index (κ3) is 4.15. The van der Waals surface area contributed by atoms with Crippen LogP contribution in [0.2, 0.25) is 0 Å². The van der Waals surface area contributed by atoms with Crippen LogP contribution >= 0.6 is 0 Å². The number of amides is 3. The van der Waals surface area contributed by atoms with Crippen molar-refractivity contribution >= 4 is 28.5 Å². The molecule has 11 heteroatoms. The van der Waals surface area contributed by atoms with Gasteiger partial charge >= 0.3 is 6.03 Å². The van der Waals surface area contributed by atoms with Crippen LogP contribution in [0.15, 0.2) is 52.1 Å². The van der Waals surface area contributed by atoms with Crippen LogP contribution in [0, 0.1) is 10.1 Å². The molecule has 0 bridgehead atoms. The number of nitro benzene ring substituents is 1. The number of hydrogen-bond acceptors (Lipinski definition) is 7. The van der Waals surface area contributed by atoms with Crippen molar-refractivity contribution in [1.82, 2.24) is 20.2 Å². The first-order valence-electron chi connectivity index (χ1n) is 7.67. The zero-order valence-corrected chi connectivity index (χ0v) is 13.7. The van der Waals surface area contributed by atoms with Crippen LogP contribution in [-0.4, -0.2) is 26.4 Å². The predicted octanol–water partition coefficient (Wildman–Crippen LogP) is 0.924. The Bertz CT molecular complexity index is 1070. The number of carbonyl (C=O) groups excluding carboxylic acids is 2. The van der Waals surface area contributed by atoms with Crippen molar-refractivity contribution in [3.05, 3.63) is 69.2 Å². The van der Waals surface area contributed by atoms with E-state index < -0.39 is 29.0 Å². The van der Waals surface area contributed by atoms with Crippen LogP contribution < -0.4 is 16.2 Å². The average molecular weight is 371 g/mol. The van der Waals surface area contributed by atoms with Crippen LogP contribution in [0.1, 0.15) is 5.76 Å². The lowest BCUT2D eigenvalue weighted by Gasteiger charge is -2.08. The third-order valence-electron chi connectivity index (χ3n) is 3.59. The lowest BCUT2D eigenvalue weighted by atomic mass is 10.2. The van der Waals surface area contributed by atoms with Crippen molar-refractivity contribution in [3.63, 3.8) is 0 Å². The third-order valence-corrected chi connectivity index (χ3v) is 3.59. The number of non-ortho nitro benzene ring substituents is 1. The number of nitro groups is 1. The molecule has 3 amide bonds. The summed E-state index contributed by atoms with van der Waals surface area (Å²) in [7, 11) is 0. The van der Waals surface area contributed by atoms with Gasteiger partial charge in [0.15, 0.2) is 0 Å². The molecule has 2 heterocycles. The fraction of sp³-hybridized carbons (Fsp3) is 0.125. The number of rotatable bonds is 5. The van der Waals surface area contributed by atoms with Gasteiger partial charge in [0.2, 0.25) is 5.91 Å². The van der Waals surface area contributed by atoms with Gasteiger partial charge in [0, 0.05) is 12.1 Å². The van der Waals surface area contributed by atoms with E-state index in [0.717, 1.165) is 17.0 Å². The molecule has 1 aromatic carbocycles. The second-order valence-electron chi connectivity index (χ2n) is 5.45. The summed E-state index contributed by atoms with van der Waals surface area (Å²) >= 11 is 0. The highest BCUT2D eigenvalue weighted by Gasteiger charge is 2.14. The minimum Gasteiger partial charge on any atom is -0.467 e. The van der Waals surface area contributed by atoms with Crippen molar-refractivity contribution in [2.75, 3.05) is 0 Å². The van der Waals surface area contributed by atoms with Crippen LogP contribution in [0.4, 0.5) is 10.5 Å². The van der Waals surface area contributed by atoms with Crippen molar-refractivity contribution < 1.29 is 18.9 Å². The van der Waals surface area contributed by atoms with Crippen LogP contribution in [-0.2, 0) is 17.9 Å². The largest absolute Gasteiger partial charge is 0.467 e. The van der Waals surface area contributed by atoms with E-state index in [1.54, 1.807) is 12.1 Å². The summed E-state index contributed by atoms with van der Waals surface area (Å²) < 4.78 is 6.00. The van der Waals surface area contributed by atoms with Gasteiger partial charge in [-0.2, -0.15) is 0 Å². The number of fused-ring (bicyclic) bond motifs is 1. The molecule has 3 aromatic rings. The number of carbonyl (C=O) groups is 2. The summed E-state index contributed by atoms with van der Waals surface area (Å²) in [6.45, 7) is -0.383. The van der Waals surface area contributed by atoms with Gasteiger partial charge in [-0.3, -0.25) is 29.6 Å². The maximum atomic E-state index is 12.4. The lowest BCUT2D eigenvalue weighted by Crippen LogP contribution is -2.41. The summed E-state index contributed by atoms with van der Waals surface area (Å²) in [6.07, 6.45) is 2.58. The molecule has 2 aromatic heterocycles. The second-order valence-corrected chi connectivity index (χ2v) is 5.45. The molecular formula is C16H13N5O6. The fourth-order valence-electron chi connectivity index (χ4n) is 2.32. The van der Waals surface area contributed by atoms with Crippen LogP contribution in [0.3, 0.4) is 0 Å². The molecule has 3 rings (SSSR count). The maximum absolute atomic E-state index is 12.4. The first kappa shape index (κ1) is 17.8. The molecule has 0 saturated heterocycles. The van der Waals surface area contributed by atoms with Gasteiger partial charge in [0.05, 0.1) is 35.0 Å². The highest BCUT2D eigenvalue weighted by molar-refractivity contribution is 5.94. The molecule has 0 aliphatic heterocycles. The molecular weight excluding hydrogens is 358 g/mol. The summed E-state index contributed by atoms with van der Waals surface area (Å²) in [4.78, 5) is 50.3. The maximum Gasteiger partial charge on any atom is 0.321 e. The molecule has 0 spiro atoms. The zero-order chi connectivity index (χ0) is 19.4. The smallest absolute Gasteiger partial charge is 0.321 e. The topological polar surface area (TPSA) is 149 Å². The predicted molar refractivity (Wildman–Crippen MR) is 91.7 cm³/mol. The van der Waals surface area contributed by atoms with Gasteiger partial charge in [0.1, 0.15) is 12.3 Å². The highest BCUT2D eigenvalue weighted by atomic mass is 16.6. The number of hydrogen-bond donors (Lipinski definition) is 2. The number of furan rings is 1. The Balaban J connectivity index is 1.69. The minimum absolute atomic E-state index is 0.00164. The normalized spacial score (nSPS) is 10.5. The van der Waals surface area contributed by atoms with Gasteiger partial charge in [-0.15, -0.1) is 0 Å². The summed E-state index contributed by atoms with van der Waals surface area (Å²) in [5, 5.41) is 15.3. The second kappa shape index (κ2) is 7.47. The van der Waals surface area contributed by atoms with Crippen LogP contribution in [0.5, 0.6) is 0 Å². The molecule has 0 atom stereocenters. The molecule has 27 heavy (non-hydrogen) atoms. The first-order chi connectivity index (χ1) is 12.9. The van der Waals surface area contributed by atoms with Crippen molar-refractivity contribution in [2.45, 2.75) is 13.1 Å². The van der Waals surface area contributed by atoms with Gasteiger partial charge in [0.25, 0.3) is 11.2 Å². The van der Waals surface area contributed by atoms with E-state index >= 15 is 0 Å². The highest BCUT2D eigenvalue weighted by Crippen LogP contribution is 2.16. The number of nitrogens with one attached hydrogen (secondary N) is 2. The fourth-order valence-corrected chi connectivity index (χ4v) is 2.32. The van der Waals surface area contributed by atoms with Crippen LogP contribution in [0.25, 0.3) is 10.9 Å². The SMILES string of the molecule is O=C(Cn1cnc2ccc([N+](=O)[O-])cc2c1=O)NC(=O)NCc1ccco1. The molecule has 11 nitrogen and oxygen atoms in total. The minimum atomic E-state index is -0.756.